The van der Waals surface area contributed by atoms with E-state index in [1.165, 1.54) is 0 Å². The fourth-order valence-corrected chi connectivity index (χ4v) is 1.72. The molecule has 22 heavy (non-hydrogen) atoms. The summed E-state index contributed by atoms with van der Waals surface area (Å²) in [6.07, 6.45) is 0.484. The molecule has 6 nitrogen and oxygen atoms in total. The van der Waals surface area contributed by atoms with Crippen LogP contribution in [0.5, 0.6) is 5.75 Å². The molecule has 0 fully saturated rings. The number of hydrazone groups is 1. The predicted octanol–water partition coefficient (Wildman–Crippen LogP) is 1.66. The molecule has 1 aromatic rings. The summed E-state index contributed by atoms with van der Waals surface area (Å²) in [6, 6.07) is 7.39. The van der Waals surface area contributed by atoms with Gasteiger partial charge in [0.05, 0.1) is 11.9 Å². The molecule has 120 valence electrons. The van der Waals surface area contributed by atoms with Crippen molar-refractivity contribution < 1.29 is 9.13 Å². The van der Waals surface area contributed by atoms with E-state index in [1.807, 2.05) is 29.4 Å². The van der Waals surface area contributed by atoms with Gasteiger partial charge < -0.3 is 10.5 Å². The Bertz CT molecular complexity index is 562. The molecule has 0 bridgehead atoms. The lowest BCUT2D eigenvalue weighted by Gasteiger charge is -2.29. The quantitative estimate of drug-likeness (QED) is 0.771. The van der Waals surface area contributed by atoms with E-state index in [0.29, 0.717) is 17.7 Å². The number of hydrogen-bond donors (Lipinski definition) is 3. The van der Waals surface area contributed by atoms with E-state index in [1.54, 1.807) is 0 Å². The first-order valence-corrected chi connectivity index (χ1v) is 7.05. The molecule has 0 aromatic heterocycles. The molecular weight excluding hydrogens is 285 g/mol. The van der Waals surface area contributed by atoms with Crippen molar-refractivity contribution in [2.45, 2.75) is 26.3 Å². The molecule has 0 saturated carbocycles. The first kappa shape index (κ1) is 16.3. The number of amidine groups is 1. The lowest BCUT2D eigenvalue weighted by molar-refractivity contribution is 0.0606. The number of ether oxygens (including phenoxy) is 1. The molecular formula is C15H22FN5O. The number of rotatable bonds is 5. The van der Waals surface area contributed by atoms with Gasteiger partial charge in [-0.15, -0.1) is 10.2 Å². The van der Waals surface area contributed by atoms with Crippen molar-refractivity contribution >= 4 is 5.84 Å². The van der Waals surface area contributed by atoms with Crippen LogP contribution in [0.4, 0.5) is 4.39 Å². The number of hydrogen-bond acceptors (Lipinski definition) is 6. The average Bonchev–Trinajstić information content (AvgIpc) is 2.99. The van der Waals surface area contributed by atoms with Crippen molar-refractivity contribution in [1.29, 1.82) is 0 Å². The maximum Gasteiger partial charge on any atom is 0.170 e. The van der Waals surface area contributed by atoms with Gasteiger partial charge in [-0.25, -0.2) is 9.93 Å². The number of halogens is 1. The Morgan fingerprint density at radius 1 is 1.36 bits per heavy atom. The maximum atomic E-state index is 12.4. The molecule has 0 atom stereocenters. The Morgan fingerprint density at radius 2 is 2.05 bits per heavy atom. The van der Waals surface area contributed by atoms with Gasteiger partial charge in [-0.2, -0.15) is 0 Å². The number of nitrogens with zero attached hydrogens (tertiary/aromatic N) is 2. The topological polar surface area (TPSA) is 74.9 Å². The standard InChI is InChI=1S/C15H22FN5O/c1-15(2,3)21-19-14(18-20-21)12-4-6-13(7-5-12)22-10-11(8-16)9-17/h4-8,20H,9-10,17H2,1-3H3,(H,18,19)/b11-8+. The van der Waals surface area contributed by atoms with Crippen LogP contribution in [0, 0.1) is 0 Å². The van der Waals surface area contributed by atoms with Crippen molar-refractivity contribution in [1.82, 2.24) is 16.1 Å². The molecule has 0 spiro atoms. The molecule has 0 aliphatic carbocycles. The normalized spacial score (nSPS) is 16.0. The number of nitrogens with one attached hydrogen (secondary N) is 2. The lowest BCUT2D eigenvalue weighted by atomic mass is 10.1. The van der Waals surface area contributed by atoms with Crippen molar-refractivity contribution in [3.63, 3.8) is 0 Å². The summed E-state index contributed by atoms with van der Waals surface area (Å²) in [5, 5.41) is 6.08. The largest absolute Gasteiger partial charge is 0.489 e. The van der Waals surface area contributed by atoms with Crippen LogP contribution in [0.1, 0.15) is 26.3 Å². The van der Waals surface area contributed by atoms with Crippen LogP contribution < -0.4 is 21.4 Å². The van der Waals surface area contributed by atoms with Gasteiger partial charge in [0, 0.05) is 17.7 Å². The SMILES string of the molecule is CC(C)(C)N1NN=C(c2ccc(OC/C(=C/F)CN)cc2)N1. The third-order valence-corrected chi connectivity index (χ3v) is 3.12. The summed E-state index contributed by atoms with van der Waals surface area (Å²) in [6.45, 7) is 6.48. The molecule has 1 aromatic carbocycles. The van der Waals surface area contributed by atoms with Gasteiger partial charge in [0.25, 0.3) is 0 Å². The highest BCUT2D eigenvalue weighted by Gasteiger charge is 2.26. The molecule has 1 aliphatic heterocycles. The Hall–Kier alpha value is -2.12. The summed E-state index contributed by atoms with van der Waals surface area (Å²) < 4.78 is 17.9. The zero-order valence-corrected chi connectivity index (χ0v) is 13.1. The molecule has 0 saturated heterocycles. The van der Waals surface area contributed by atoms with Crippen LogP contribution in [-0.2, 0) is 0 Å². The second kappa shape index (κ2) is 6.76. The van der Waals surface area contributed by atoms with Gasteiger partial charge in [0.2, 0.25) is 0 Å². The van der Waals surface area contributed by atoms with E-state index < -0.39 is 0 Å². The van der Waals surface area contributed by atoms with Gasteiger partial charge in [0.15, 0.2) is 5.84 Å². The summed E-state index contributed by atoms with van der Waals surface area (Å²) in [5.41, 5.74) is 12.7. The summed E-state index contributed by atoms with van der Waals surface area (Å²) in [4.78, 5) is 0. The number of hydrazine groups is 2. The van der Waals surface area contributed by atoms with E-state index in [4.69, 9.17) is 10.5 Å². The maximum absolute atomic E-state index is 12.4. The van der Waals surface area contributed by atoms with Gasteiger partial charge in [-0.05, 0) is 45.0 Å². The van der Waals surface area contributed by atoms with E-state index >= 15 is 0 Å². The van der Waals surface area contributed by atoms with Gasteiger partial charge in [-0.3, -0.25) is 5.43 Å². The van der Waals surface area contributed by atoms with Crippen molar-refractivity contribution in [2.75, 3.05) is 13.2 Å². The summed E-state index contributed by atoms with van der Waals surface area (Å²) in [5.74, 6) is 1.38. The first-order valence-electron chi connectivity index (χ1n) is 7.05. The Kier molecular flexibility index (Phi) is 4.99. The molecule has 0 amide bonds. The third kappa shape index (κ3) is 3.96. The molecule has 0 radical (unpaired) electrons. The predicted molar refractivity (Wildman–Crippen MR) is 84.6 cm³/mol. The molecule has 1 aliphatic rings. The van der Waals surface area contributed by atoms with E-state index in [-0.39, 0.29) is 18.7 Å². The minimum atomic E-state index is -0.106. The zero-order valence-electron chi connectivity index (χ0n) is 13.1. The highest BCUT2D eigenvalue weighted by Crippen LogP contribution is 2.16. The first-order chi connectivity index (χ1) is 10.4. The Morgan fingerprint density at radius 3 is 2.55 bits per heavy atom. The molecule has 1 heterocycles. The van der Waals surface area contributed by atoms with Crippen LogP contribution in [0.2, 0.25) is 0 Å². The van der Waals surface area contributed by atoms with Crippen LogP contribution in [0.15, 0.2) is 41.3 Å². The minimum absolute atomic E-state index is 0.106. The zero-order chi connectivity index (χ0) is 16.2. The van der Waals surface area contributed by atoms with Crippen molar-refractivity contribution in [3.05, 3.63) is 41.7 Å². The second-order valence-electron chi connectivity index (χ2n) is 5.96. The molecule has 4 N–H and O–H groups in total. The second-order valence-corrected chi connectivity index (χ2v) is 5.96. The number of nitrogens with two attached hydrogens (primary N) is 1. The summed E-state index contributed by atoms with van der Waals surface area (Å²) in [7, 11) is 0. The van der Waals surface area contributed by atoms with Gasteiger partial charge in [0.1, 0.15) is 12.4 Å². The number of benzene rings is 1. The van der Waals surface area contributed by atoms with E-state index in [9.17, 15) is 4.39 Å². The van der Waals surface area contributed by atoms with E-state index in [0.717, 1.165) is 11.4 Å². The summed E-state index contributed by atoms with van der Waals surface area (Å²) >= 11 is 0. The van der Waals surface area contributed by atoms with Gasteiger partial charge >= 0.3 is 0 Å². The van der Waals surface area contributed by atoms with Gasteiger partial charge in [-0.1, -0.05) is 0 Å². The Labute approximate surface area is 129 Å². The monoisotopic (exact) mass is 307 g/mol. The highest BCUT2D eigenvalue weighted by atomic mass is 19.1. The van der Waals surface area contributed by atoms with Crippen LogP contribution in [0.25, 0.3) is 0 Å². The third-order valence-electron chi connectivity index (χ3n) is 3.12. The minimum Gasteiger partial charge on any atom is -0.489 e. The van der Waals surface area contributed by atoms with Crippen molar-refractivity contribution in [2.24, 2.45) is 10.8 Å². The molecule has 0 unspecified atom stereocenters. The van der Waals surface area contributed by atoms with Crippen LogP contribution in [-0.4, -0.2) is 29.6 Å². The van der Waals surface area contributed by atoms with Crippen molar-refractivity contribution in [3.8, 4) is 5.75 Å². The van der Waals surface area contributed by atoms with Crippen LogP contribution >= 0.6 is 0 Å². The van der Waals surface area contributed by atoms with E-state index in [2.05, 4.69) is 36.8 Å². The fraction of sp³-hybridized carbons (Fsp3) is 0.400. The smallest absolute Gasteiger partial charge is 0.170 e. The lowest BCUT2D eigenvalue weighted by Crippen LogP contribution is -2.53. The molecule has 7 heteroatoms. The Balaban J connectivity index is 1.96. The van der Waals surface area contributed by atoms with Crippen LogP contribution in [0.3, 0.4) is 0 Å². The average molecular weight is 307 g/mol. The highest BCUT2D eigenvalue weighted by molar-refractivity contribution is 5.99. The molecule has 2 rings (SSSR count). The fourth-order valence-electron chi connectivity index (χ4n) is 1.72.